The average molecular weight is 384 g/mol. The quantitative estimate of drug-likeness (QED) is 0.492. The van der Waals surface area contributed by atoms with E-state index in [-0.39, 0.29) is 5.82 Å². The van der Waals surface area contributed by atoms with Crippen LogP contribution in [0.15, 0.2) is 72.8 Å². The average Bonchev–Trinajstić information content (AvgIpc) is 2.78. The van der Waals surface area contributed by atoms with Crippen molar-refractivity contribution in [2.45, 2.75) is 13.0 Å². The van der Waals surface area contributed by atoms with Gasteiger partial charge < -0.3 is 9.80 Å². The van der Waals surface area contributed by atoms with E-state index in [4.69, 9.17) is 9.97 Å². The fourth-order valence-corrected chi connectivity index (χ4v) is 3.90. The van der Waals surface area contributed by atoms with Gasteiger partial charge in [-0.3, -0.25) is 0 Å². The molecule has 4 aromatic rings. The summed E-state index contributed by atoms with van der Waals surface area (Å²) in [5, 5.41) is 1.04. The fourth-order valence-electron chi connectivity index (χ4n) is 3.90. The zero-order valence-electron chi connectivity index (χ0n) is 16.2. The van der Waals surface area contributed by atoms with Crippen molar-refractivity contribution in [2.24, 2.45) is 0 Å². The molecule has 1 aliphatic heterocycles. The van der Waals surface area contributed by atoms with Gasteiger partial charge in [-0.05, 0) is 53.9 Å². The van der Waals surface area contributed by atoms with Crippen LogP contribution in [0.1, 0.15) is 11.1 Å². The standard InChI is InChI=1S/C24H21FN4/c1-28(20-12-10-19(25)11-13-20)24-26-22-9-5-4-8-21(22)23(27-24)29-15-14-17-6-2-3-7-18(17)16-29/h2-13H,14-16H2,1H3. The molecule has 1 aliphatic rings. The third kappa shape index (κ3) is 3.29. The number of halogens is 1. The van der Waals surface area contributed by atoms with E-state index in [1.54, 1.807) is 12.1 Å². The Morgan fingerprint density at radius 1 is 0.862 bits per heavy atom. The molecule has 0 bridgehead atoms. The maximum absolute atomic E-state index is 13.3. The summed E-state index contributed by atoms with van der Waals surface area (Å²) < 4.78 is 13.3. The number of aromatic nitrogens is 2. The van der Waals surface area contributed by atoms with Gasteiger partial charge in [-0.25, -0.2) is 9.37 Å². The Morgan fingerprint density at radius 2 is 1.59 bits per heavy atom. The van der Waals surface area contributed by atoms with Crippen LogP contribution in [0.3, 0.4) is 0 Å². The smallest absolute Gasteiger partial charge is 0.232 e. The van der Waals surface area contributed by atoms with Gasteiger partial charge in [0, 0.05) is 31.2 Å². The van der Waals surface area contributed by atoms with Crippen LogP contribution in [0.25, 0.3) is 10.9 Å². The molecule has 29 heavy (non-hydrogen) atoms. The summed E-state index contributed by atoms with van der Waals surface area (Å²) in [5.74, 6) is 1.28. The van der Waals surface area contributed by atoms with Crippen LogP contribution in [-0.4, -0.2) is 23.6 Å². The van der Waals surface area contributed by atoms with E-state index < -0.39 is 0 Å². The second-order valence-corrected chi connectivity index (χ2v) is 7.34. The topological polar surface area (TPSA) is 32.3 Å². The zero-order valence-corrected chi connectivity index (χ0v) is 16.2. The number of hydrogen-bond donors (Lipinski definition) is 0. The summed E-state index contributed by atoms with van der Waals surface area (Å²) >= 11 is 0. The Labute approximate surface area is 169 Å². The number of nitrogens with zero attached hydrogens (tertiary/aromatic N) is 4. The van der Waals surface area contributed by atoms with Crippen LogP contribution in [0, 0.1) is 5.82 Å². The number of para-hydroxylation sites is 1. The number of anilines is 3. The molecule has 0 radical (unpaired) electrons. The van der Waals surface area contributed by atoms with E-state index in [0.717, 1.165) is 41.9 Å². The van der Waals surface area contributed by atoms with Crippen LogP contribution in [0.5, 0.6) is 0 Å². The van der Waals surface area contributed by atoms with Gasteiger partial charge in [0.05, 0.1) is 5.52 Å². The van der Waals surface area contributed by atoms with Gasteiger partial charge in [-0.1, -0.05) is 36.4 Å². The van der Waals surface area contributed by atoms with Crippen molar-refractivity contribution < 1.29 is 4.39 Å². The molecule has 5 rings (SSSR count). The first-order valence-electron chi connectivity index (χ1n) is 9.77. The third-order valence-corrected chi connectivity index (χ3v) is 5.52. The molecule has 0 atom stereocenters. The maximum atomic E-state index is 13.3. The lowest BCUT2D eigenvalue weighted by Gasteiger charge is -2.31. The SMILES string of the molecule is CN(c1ccc(F)cc1)c1nc(N2CCc3ccccc3C2)c2ccccc2n1. The molecule has 0 saturated heterocycles. The number of fused-ring (bicyclic) bond motifs is 2. The third-order valence-electron chi connectivity index (χ3n) is 5.52. The highest BCUT2D eigenvalue weighted by Crippen LogP contribution is 2.32. The monoisotopic (exact) mass is 384 g/mol. The Bertz CT molecular complexity index is 1170. The predicted molar refractivity (Wildman–Crippen MR) is 115 cm³/mol. The maximum Gasteiger partial charge on any atom is 0.232 e. The molecule has 0 saturated carbocycles. The van der Waals surface area contributed by atoms with Crippen LogP contribution >= 0.6 is 0 Å². The molecule has 4 nitrogen and oxygen atoms in total. The van der Waals surface area contributed by atoms with Crippen molar-refractivity contribution in [3.8, 4) is 0 Å². The molecular formula is C24H21FN4. The van der Waals surface area contributed by atoms with Gasteiger partial charge in [0.25, 0.3) is 0 Å². The lowest BCUT2D eigenvalue weighted by atomic mass is 10.00. The van der Waals surface area contributed by atoms with Crippen molar-refractivity contribution in [1.82, 2.24) is 9.97 Å². The van der Waals surface area contributed by atoms with Gasteiger partial charge in [0.2, 0.25) is 5.95 Å². The van der Waals surface area contributed by atoms with Crippen LogP contribution in [0.4, 0.5) is 21.8 Å². The molecule has 0 N–H and O–H groups in total. The van der Waals surface area contributed by atoms with Gasteiger partial charge in [-0.15, -0.1) is 0 Å². The lowest BCUT2D eigenvalue weighted by molar-refractivity contribution is 0.628. The summed E-state index contributed by atoms with van der Waals surface area (Å²) in [6.07, 6.45) is 0.998. The van der Waals surface area contributed by atoms with E-state index in [9.17, 15) is 4.39 Å². The highest BCUT2D eigenvalue weighted by molar-refractivity contribution is 5.91. The molecule has 3 aromatic carbocycles. The Morgan fingerprint density at radius 3 is 2.41 bits per heavy atom. The Hall–Kier alpha value is -3.47. The first-order valence-corrected chi connectivity index (χ1v) is 9.77. The van der Waals surface area contributed by atoms with Crippen LogP contribution in [0.2, 0.25) is 0 Å². The van der Waals surface area contributed by atoms with Gasteiger partial charge in [0.1, 0.15) is 11.6 Å². The second-order valence-electron chi connectivity index (χ2n) is 7.34. The van der Waals surface area contributed by atoms with Crippen molar-refractivity contribution in [1.29, 1.82) is 0 Å². The molecule has 144 valence electrons. The van der Waals surface area contributed by atoms with E-state index in [0.29, 0.717) is 5.95 Å². The number of hydrogen-bond acceptors (Lipinski definition) is 4. The fraction of sp³-hybridized carbons (Fsp3) is 0.167. The molecule has 2 heterocycles. The largest absolute Gasteiger partial charge is 0.351 e. The van der Waals surface area contributed by atoms with E-state index >= 15 is 0 Å². The van der Waals surface area contributed by atoms with Gasteiger partial charge in [0.15, 0.2) is 0 Å². The van der Waals surface area contributed by atoms with Crippen molar-refractivity contribution >= 4 is 28.4 Å². The second kappa shape index (κ2) is 7.17. The summed E-state index contributed by atoms with van der Waals surface area (Å²) in [6.45, 7) is 1.74. The summed E-state index contributed by atoms with van der Waals surface area (Å²) in [6, 6.07) is 23.1. The summed E-state index contributed by atoms with van der Waals surface area (Å²) in [5.41, 5.74) is 4.50. The molecule has 1 aromatic heterocycles. The first-order chi connectivity index (χ1) is 14.2. The Kier molecular flexibility index (Phi) is 4.35. The minimum atomic E-state index is -0.255. The van der Waals surface area contributed by atoms with Crippen molar-refractivity contribution in [3.63, 3.8) is 0 Å². The number of benzene rings is 3. The molecular weight excluding hydrogens is 363 g/mol. The molecule has 0 unspecified atom stereocenters. The number of rotatable bonds is 3. The Balaban J connectivity index is 1.59. The normalized spacial score (nSPS) is 13.4. The van der Waals surface area contributed by atoms with Crippen molar-refractivity contribution in [2.75, 3.05) is 23.4 Å². The molecule has 0 amide bonds. The van der Waals surface area contributed by atoms with E-state index in [2.05, 4.69) is 35.2 Å². The highest BCUT2D eigenvalue weighted by Gasteiger charge is 2.21. The minimum absolute atomic E-state index is 0.255. The predicted octanol–water partition coefficient (Wildman–Crippen LogP) is 5.10. The first kappa shape index (κ1) is 17.6. The van der Waals surface area contributed by atoms with Gasteiger partial charge >= 0.3 is 0 Å². The van der Waals surface area contributed by atoms with E-state index in [1.807, 2.05) is 30.1 Å². The summed E-state index contributed by atoms with van der Waals surface area (Å²) in [7, 11) is 1.91. The molecule has 5 heteroatoms. The molecule has 0 aliphatic carbocycles. The molecule has 0 spiro atoms. The zero-order chi connectivity index (χ0) is 19.8. The lowest BCUT2D eigenvalue weighted by Crippen LogP contribution is -2.31. The summed E-state index contributed by atoms with van der Waals surface area (Å²) in [4.78, 5) is 13.9. The highest BCUT2D eigenvalue weighted by atomic mass is 19.1. The van der Waals surface area contributed by atoms with Crippen molar-refractivity contribution in [3.05, 3.63) is 89.7 Å². The van der Waals surface area contributed by atoms with E-state index in [1.165, 1.54) is 23.3 Å². The van der Waals surface area contributed by atoms with Crippen LogP contribution in [-0.2, 0) is 13.0 Å². The minimum Gasteiger partial charge on any atom is -0.351 e. The molecule has 0 fully saturated rings. The van der Waals surface area contributed by atoms with Gasteiger partial charge in [-0.2, -0.15) is 4.98 Å². The van der Waals surface area contributed by atoms with Crippen LogP contribution < -0.4 is 9.80 Å².